The second-order valence-electron chi connectivity index (χ2n) is 7.15. The zero-order chi connectivity index (χ0) is 17.3. The van der Waals surface area contributed by atoms with Gasteiger partial charge in [0.2, 0.25) is 0 Å². The number of carbonyl (C=O) groups excluding carboxylic acids is 2. The Morgan fingerprint density at radius 2 is 1.96 bits per heavy atom. The number of ether oxygens (including phenoxy) is 1. The van der Waals surface area contributed by atoms with Crippen molar-refractivity contribution >= 4 is 12.0 Å². The van der Waals surface area contributed by atoms with E-state index in [0.29, 0.717) is 25.4 Å². The number of nitrogens with zero attached hydrogens (tertiary/aromatic N) is 1. The standard InChI is InChI=1S/C19H26N2O3/c1-12-10-14-6-4-5-7-16(14)17(12)20-19(23)21-9-8-15(13(2)11-21)18(22)24-3/h4-7,12-13,15,17H,8-11H2,1-3H3,(H,20,23)/t12-,13-,15-,17+/m1/s1. The molecule has 2 amide bonds. The first kappa shape index (κ1) is 16.8. The van der Waals surface area contributed by atoms with Gasteiger partial charge < -0.3 is 15.0 Å². The van der Waals surface area contributed by atoms with Gasteiger partial charge in [0.25, 0.3) is 0 Å². The average molecular weight is 330 g/mol. The Morgan fingerprint density at radius 3 is 2.67 bits per heavy atom. The van der Waals surface area contributed by atoms with Gasteiger partial charge in [-0.15, -0.1) is 0 Å². The molecule has 4 atom stereocenters. The van der Waals surface area contributed by atoms with Crippen LogP contribution in [-0.2, 0) is 16.0 Å². The van der Waals surface area contributed by atoms with Crippen LogP contribution in [0.15, 0.2) is 24.3 Å². The summed E-state index contributed by atoms with van der Waals surface area (Å²) < 4.78 is 4.86. The van der Waals surface area contributed by atoms with E-state index < -0.39 is 0 Å². The molecule has 1 aromatic carbocycles. The molecule has 1 aliphatic carbocycles. The number of carbonyl (C=O) groups is 2. The number of likely N-dealkylation sites (tertiary alicyclic amines) is 1. The van der Waals surface area contributed by atoms with E-state index in [2.05, 4.69) is 30.4 Å². The topological polar surface area (TPSA) is 58.6 Å². The number of amides is 2. The highest BCUT2D eigenvalue weighted by molar-refractivity contribution is 5.76. The van der Waals surface area contributed by atoms with Gasteiger partial charge in [0.15, 0.2) is 0 Å². The van der Waals surface area contributed by atoms with Crippen LogP contribution in [0, 0.1) is 17.8 Å². The van der Waals surface area contributed by atoms with Crippen molar-refractivity contribution in [1.29, 1.82) is 0 Å². The zero-order valence-corrected chi connectivity index (χ0v) is 14.6. The normalized spacial score (nSPS) is 29.0. The Balaban J connectivity index is 1.63. The van der Waals surface area contributed by atoms with E-state index in [1.54, 1.807) is 0 Å². The molecule has 1 N–H and O–H groups in total. The summed E-state index contributed by atoms with van der Waals surface area (Å²) in [6.07, 6.45) is 1.67. The second kappa shape index (κ2) is 6.83. The summed E-state index contributed by atoms with van der Waals surface area (Å²) in [6.45, 7) is 5.37. The Morgan fingerprint density at radius 1 is 1.21 bits per heavy atom. The van der Waals surface area contributed by atoms with E-state index >= 15 is 0 Å². The lowest BCUT2D eigenvalue weighted by Gasteiger charge is -2.36. The summed E-state index contributed by atoms with van der Waals surface area (Å²) in [7, 11) is 1.42. The van der Waals surface area contributed by atoms with Gasteiger partial charge in [-0.05, 0) is 35.8 Å². The molecule has 3 rings (SSSR count). The maximum Gasteiger partial charge on any atom is 0.317 e. The molecule has 0 saturated carbocycles. The molecule has 130 valence electrons. The summed E-state index contributed by atoms with van der Waals surface area (Å²) in [6, 6.07) is 8.37. The molecule has 1 fully saturated rings. The molecule has 24 heavy (non-hydrogen) atoms. The zero-order valence-electron chi connectivity index (χ0n) is 14.6. The van der Waals surface area contributed by atoms with Crippen LogP contribution >= 0.6 is 0 Å². The van der Waals surface area contributed by atoms with Crippen molar-refractivity contribution < 1.29 is 14.3 Å². The highest BCUT2D eigenvalue weighted by atomic mass is 16.5. The van der Waals surface area contributed by atoms with Crippen molar-refractivity contribution in [2.24, 2.45) is 17.8 Å². The first-order valence-electron chi connectivity index (χ1n) is 8.72. The van der Waals surface area contributed by atoms with Crippen LogP contribution in [0.25, 0.3) is 0 Å². The van der Waals surface area contributed by atoms with Crippen LogP contribution in [0.3, 0.4) is 0 Å². The smallest absolute Gasteiger partial charge is 0.317 e. The number of hydrogen-bond acceptors (Lipinski definition) is 3. The van der Waals surface area contributed by atoms with Crippen molar-refractivity contribution in [3.05, 3.63) is 35.4 Å². The number of fused-ring (bicyclic) bond motifs is 1. The Bertz CT molecular complexity index is 631. The first-order valence-corrected chi connectivity index (χ1v) is 8.72. The molecule has 0 spiro atoms. The molecular formula is C19H26N2O3. The van der Waals surface area contributed by atoms with Crippen molar-refractivity contribution in [1.82, 2.24) is 10.2 Å². The maximum atomic E-state index is 12.7. The molecule has 0 radical (unpaired) electrons. The van der Waals surface area contributed by atoms with E-state index in [1.807, 2.05) is 17.9 Å². The van der Waals surface area contributed by atoms with E-state index in [0.717, 1.165) is 6.42 Å². The summed E-state index contributed by atoms with van der Waals surface area (Å²) in [5.74, 6) is 0.243. The Hall–Kier alpha value is -2.04. The van der Waals surface area contributed by atoms with E-state index in [4.69, 9.17) is 4.74 Å². The molecule has 2 aliphatic rings. The SMILES string of the molecule is COC(=O)[C@@H]1CCN(C(=O)N[C@@H]2c3ccccc3C[C@H]2C)C[C@H]1C. The van der Waals surface area contributed by atoms with Crippen LogP contribution < -0.4 is 5.32 Å². The van der Waals surface area contributed by atoms with Crippen molar-refractivity contribution in [3.63, 3.8) is 0 Å². The predicted molar refractivity (Wildman–Crippen MR) is 91.4 cm³/mol. The van der Waals surface area contributed by atoms with Gasteiger partial charge in [-0.3, -0.25) is 4.79 Å². The summed E-state index contributed by atoms with van der Waals surface area (Å²) in [5.41, 5.74) is 2.56. The molecule has 1 aliphatic heterocycles. The number of piperidine rings is 1. The lowest BCUT2D eigenvalue weighted by Crippen LogP contribution is -2.50. The fourth-order valence-corrected chi connectivity index (χ4v) is 4.07. The number of benzene rings is 1. The highest BCUT2D eigenvalue weighted by Crippen LogP contribution is 2.36. The maximum absolute atomic E-state index is 12.7. The van der Waals surface area contributed by atoms with Crippen LogP contribution in [0.4, 0.5) is 4.79 Å². The molecule has 1 aromatic rings. The number of nitrogens with one attached hydrogen (secondary N) is 1. The predicted octanol–water partition coefficient (Wildman–Crippen LogP) is 2.76. The van der Waals surface area contributed by atoms with Crippen LogP contribution in [0.1, 0.15) is 37.4 Å². The van der Waals surface area contributed by atoms with Gasteiger partial charge in [-0.2, -0.15) is 0 Å². The third kappa shape index (κ3) is 3.12. The number of methoxy groups -OCH3 is 1. The second-order valence-corrected chi connectivity index (χ2v) is 7.15. The van der Waals surface area contributed by atoms with Gasteiger partial charge in [-0.1, -0.05) is 38.1 Å². The van der Waals surface area contributed by atoms with Gasteiger partial charge in [0.1, 0.15) is 0 Å². The molecule has 5 nitrogen and oxygen atoms in total. The summed E-state index contributed by atoms with van der Waals surface area (Å²) in [4.78, 5) is 26.3. The van der Waals surface area contributed by atoms with Crippen LogP contribution in [-0.4, -0.2) is 37.1 Å². The van der Waals surface area contributed by atoms with E-state index in [9.17, 15) is 9.59 Å². The molecule has 1 saturated heterocycles. The quantitative estimate of drug-likeness (QED) is 0.848. The molecule has 1 heterocycles. The molecule has 0 bridgehead atoms. The monoisotopic (exact) mass is 330 g/mol. The van der Waals surface area contributed by atoms with Crippen molar-refractivity contribution in [2.75, 3.05) is 20.2 Å². The average Bonchev–Trinajstić information content (AvgIpc) is 2.89. The lowest BCUT2D eigenvalue weighted by molar-refractivity contribution is -0.148. The van der Waals surface area contributed by atoms with Crippen molar-refractivity contribution in [2.45, 2.75) is 32.7 Å². The van der Waals surface area contributed by atoms with Gasteiger partial charge >= 0.3 is 12.0 Å². The molecule has 5 heteroatoms. The van der Waals surface area contributed by atoms with Crippen LogP contribution in [0.5, 0.6) is 0 Å². The van der Waals surface area contributed by atoms with Crippen molar-refractivity contribution in [3.8, 4) is 0 Å². The minimum absolute atomic E-state index is 0.0290. The minimum Gasteiger partial charge on any atom is -0.469 e. The third-order valence-corrected chi connectivity index (χ3v) is 5.48. The number of hydrogen-bond donors (Lipinski definition) is 1. The molecule has 0 unspecified atom stereocenters. The summed E-state index contributed by atoms with van der Waals surface area (Å²) in [5, 5.41) is 3.20. The number of esters is 1. The van der Waals surface area contributed by atoms with Gasteiger partial charge in [0, 0.05) is 13.1 Å². The minimum atomic E-state index is -0.166. The van der Waals surface area contributed by atoms with Crippen LogP contribution in [0.2, 0.25) is 0 Å². The number of urea groups is 1. The molecule has 0 aromatic heterocycles. The fourth-order valence-electron chi connectivity index (χ4n) is 4.07. The third-order valence-electron chi connectivity index (χ3n) is 5.48. The largest absolute Gasteiger partial charge is 0.469 e. The Kier molecular flexibility index (Phi) is 4.78. The van der Waals surface area contributed by atoms with Gasteiger partial charge in [-0.25, -0.2) is 4.79 Å². The Labute approximate surface area is 143 Å². The van der Waals surface area contributed by atoms with E-state index in [-0.39, 0.29) is 29.9 Å². The first-order chi connectivity index (χ1) is 11.5. The van der Waals surface area contributed by atoms with E-state index in [1.165, 1.54) is 18.2 Å². The fraction of sp³-hybridized carbons (Fsp3) is 0.579. The molecular weight excluding hydrogens is 304 g/mol. The summed E-state index contributed by atoms with van der Waals surface area (Å²) >= 11 is 0. The highest BCUT2D eigenvalue weighted by Gasteiger charge is 2.36. The van der Waals surface area contributed by atoms with Gasteiger partial charge in [0.05, 0.1) is 19.1 Å². The number of rotatable bonds is 2. The lowest BCUT2D eigenvalue weighted by atomic mass is 9.87.